The number of carbonyl (C=O) groups excluding carboxylic acids is 2. The molecule has 1 aliphatic carbocycles. The fourth-order valence-corrected chi connectivity index (χ4v) is 2.50. The molecule has 0 N–H and O–H groups in total. The van der Waals surface area contributed by atoms with E-state index >= 15 is 0 Å². The van der Waals surface area contributed by atoms with Gasteiger partial charge in [0.1, 0.15) is 6.61 Å². The zero-order chi connectivity index (χ0) is 13.4. The lowest BCUT2D eigenvalue weighted by Crippen LogP contribution is -2.14. The minimum atomic E-state index is -0.414. The molecule has 94 valence electrons. The van der Waals surface area contributed by atoms with Gasteiger partial charge in [-0.1, -0.05) is 36.4 Å². The SMILES string of the molecule is O=C(I)OCC1=Cc2cccc3cccc(c23)C1=O. The largest absolute Gasteiger partial charge is 0.453 e. The van der Waals surface area contributed by atoms with Crippen LogP contribution in [-0.4, -0.2) is 16.4 Å². The predicted molar refractivity (Wildman–Crippen MR) is 81.6 cm³/mol. The minimum absolute atomic E-state index is 0.0192. The van der Waals surface area contributed by atoms with Gasteiger partial charge in [0.05, 0.1) is 22.6 Å². The Labute approximate surface area is 123 Å². The molecule has 0 unspecified atom stereocenters. The number of hydrogen-bond donors (Lipinski definition) is 0. The lowest BCUT2D eigenvalue weighted by atomic mass is 9.88. The quantitative estimate of drug-likeness (QED) is 0.598. The normalized spacial score (nSPS) is 13.3. The summed E-state index contributed by atoms with van der Waals surface area (Å²) in [5.74, 6) is -0.0676. The Hall–Kier alpha value is -1.69. The standard InChI is InChI=1S/C15H9IO3/c16-15(18)19-8-11-7-10-5-1-3-9-4-2-6-12(13(9)10)14(11)17/h1-7H,8H2. The number of ketones is 1. The molecular formula is C15H9IO3. The van der Waals surface area contributed by atoms with E-state index in [1.54, 1.807) is 28.7 Å². The van der Waals surface area contributed by atoms with E-state index in [0.29, 0.717) is 11.1 Å². The van der Waals surface area contributed by atoms with Crippen LogP contribution in [0.2, 0.25) is 0 Å². The van der Waals surface area contributed by atoms with E-state index < -0.39 is 3.98 Å². The predicted octanol–water partition coefficient (Wildman–Crippen LogP) is 3.99. The van der Waals surface area contributed by atoms with Gasteiger partial charge in [0.25, 0.3) is 0 Å². The van der Waals surface area contributed by atoms with Gasteiger partial charge >= 0.3 is 3.98 Å². The van der Waals surface area contributed by atoms with Crippen molar-refractivity contribution in [3.05, 3.63) is 53.1 Å². The zero-order valence-corrected chi connectivity index (χ0v) is 12.0. The highest BCUT2D eigenvalue weighted by Gasteiger charge is 2.22. The molecule has 0 heterocycles. The first-order valence-electron chi connectivity index (χ1n) is 5.76. The van der Waals surface area contributed by atoms with Crippen LogP contribution in [0.25, 0.3) is 16.8 Å². The highest BCUT2D eigenvalue weighted by Crippen LogP contribution is 2.31. The second kappa shape index (κ2) is 4.77. The molecule has 0 aromatic heterocycles. The summed E-state index contributed by atoms with van der Waals surface area (Å²) < 4.78 is 4.51. The zero-order valence-electron chi connectivity index (χ0n) is 9.85. The third-order valence-electron chi connectivity index (χ3n) is 3.14. The smallest absolute Gasteiger partial charge is 0.367 e. The lowest BCUT2D eigenvalue weighted by Gasteiger charge is -2.16. The Kier molecular flexibility index (Phi) is 3.10. The van der Waals surface area contributed by atoms with Gasteiger partial charge in [-0.15, -0.1) is 0 Å². The van der Waals surface area contributed by atoms with Crippen molar-refractivity contribution >= 4 is 49.2 Å². The molecule has 0 atom stereocenters. The summed E-state index contributed by atoms with van der Waals surface area (Å²) in [6, 6.07) is 11.6. The first kappa shape index (κ1) is 12.3. The Morgan fingerprint density at radius 2 is 1.89 bits per heavy atom. The maximum atomic E-state index is 12.4. The van der Waals surface area contributed by atoms with Crippen molar-refractivity contribution in [3.8, 4) is 0 Å². The third-order valence-corrected chi connectivity index (χ3v) is 3.46. The van der Waals surface area contributed by atoms with Gasteiger partial charge in [0, 0.05) is 16.5 Å². The van der Waals surface area contributed by atoms with Crippen molar-refractivity contribution < 1.29 is 14.3 Å². The van der Waals surface area contributed by atoms with Crippen molar-refractivity contribution in [1.82, 2.24) is 0 Å². The van der Waals surface area contributed by atoms with Crippen molar-refractivity contribution in [2.24, 2.45) is 0 Å². The Bertz CT molecular complexity index is 726. The summed E-state index contributed by atoms with van der Waals surface area (Å²) in [5, 5.41) is 2.02. The number of Topliss-reactive ketones (excluding diaryl/α,β-unsaturated/α-hetero) is 1. The van der Waals surface area contributed by atoms with E-state index in [1.165, 1.54) is 0 Å². The average molecular weight is 364 g/mol. The van der Waals surface area contributed by atoms with Crippen molar-refractivity contribution in [2.75, 3.05) is 6.61 Å². The third kappa shape index (κ3) is 2.16. The van der Waals surface area contributed by atoms with E-state index in [9.17, 15) is 9.59 Å². The van der Waals surface area contributed by atoms with Crippen LogP contribution in [0, 0.1) is 0 Å². The number of benzene rings is 2. The van der Waals surface area contributed by atoms with Gasteiger partial charge in [-0.2, -0.15) is 0 Å². The molecule has 1 aliphatic rings. The molecular weight excluding hydrogens is 355 g/mol. The van der Waals surface area contributed by atoms with Crippen LogP contribution >= 0.6 is 22.6 Å². The van der Waals surface area contributed by atoms with Crippen molar-refractivity contribution in [1.29, 1.82) is 0 Å². The number of carbonyl (C=O) groups is 2. The van der Waals surface area contributed by atoms with Gasteiger partial charge in [-0.25, -0.2) is 4.79 Å². The number of rotatable bonds is 2. The van der Waals surface area contributed by atoms with Crippen LogP contribution in [0.5, 0.6) is 0 Å². The van der Waals surface area contributed by atoms with Crippen LogP contribution < -0.4 is 0 Å². The van der Waals surface area contributed by atoms with E-state index in [1.807, 2.05) is 36.4 Å². The first-order valence-corrected chi connectivity index (χ1v) is 6.84. The molecule has 4 heteroatoms. The molecule has 0 radical (unpaired) electrons. The maximum Gasteiger partial charge on any atom is 0.367 e. The monoisotopic (exact) mass is 364 g/mol. The first-order chi connectivity index (χ1) is 9.16. The van der Waals surface area contributed by atoms with Gasteiger partial charge in [0.2, 0.25) is 0 Å². The molecule has 0 amide bonds. The fraction of sp³-hybridized carbons (Fsp3) is 0.0667. The second-order valence-electron chi connectivity index (χ2n) is 4.28. The number of halogens is 1. The highest BCUT2D eigenvalue weighted by atomic mass is 127. The fourth-order valence-electron chi connectivity index (χ4n) is 2.35. The summed E-state index contributed by atoms with van der Waals surface area (Å²) in [5.41, 5.74) is 2.18. The van der Waals surface area contributed by atoms with Crippen LogP contribution in [0.4, 0.5) is 4.79 Å². The molecule has 3 nitrogen and oxygen atoms in total. The van der Waals surface area contributed by atoms with E-state index in [-0.39, 0.29) is 12.4 Å². The summed E-state index contributed by atoms with van der Waals surface area (Å²) in [4.78, 5) is 23.2. The van der Waals surface area contributed by atoms with E-state index in [2.05, 4.69) is 0 Å². The molecule has 3 rings (SSSR count). The Morgan fingerprint density at radius 3 is 2.63 bits per heavy atom. The average Bonchev–Trinajstić information content (AvgIpc) is 2.41. The topological polar surface area (TPSA) is 43.4 Å². The van der Waals surface area contributed by atoms with Crippen molar-refractivity contribution in [3.63, 3.8) is 0 Å². The summed E-state index contributed by atoms with van der Waals surface area (Å²) in [7, 11) is 0. The minimum Gasteiger partial charge on any atom is -0.453 e. The molecule has 0 fully saturated rings. The number of hydrogen-bond acceptors (Lipinski definition) is 3. The Balaban J connectivity index is 2.13. The van der Waals surface area contributed by atoms with Gasteiger partial charge in [0.15, 0.2) is 5.78 Å². The second-order valence-corrected chi connectivity index (χ2v) is 5.16. The molecule has 0 spiro atoms. The molecule has 0 saturated heterocycles. The van der Waals surface area contributed by atoms with Gasteiger partial charge in [-0.3, -0.25) is 4.79 Å². The molecule has 2 aromatic carbocycles. The molecule has 19 heavy (non-hydrogen) atoms. The van der Waals surface area contributed by atoms with Crippen molar-refractivity contribution in [2.45, 2.75) is 0 Å². The molecule has 0 aliphatic heterocycles. The van der Waals surface area contributed by atoms with Gasteiger partial charge < -0.3 is 4.74 Å². The maximum absolute atomic E-state index is 12.4. The molecule has 2 aromatic rings. The van der Waals surface area contributed by atoms with E-state index in [0.717, 1.165) is 16.3 Å². The van der Waals surface area contributed by atoms with Crippen LogP contribution in [-0.2, 0) is 4.74 Å². The lowest BCUT2D eigenvalue weighted by molar-refractivity contribution is 0.102. The highest BCUT2D eigenvalue weighted by molar-refractivity contribution is 14.1. The molecule has 0 saturated carbocycles. The number of ether oxygens (including phenoxy) is 1. The Morgan fingerprint density at radius 1 is 1.16 bits per heavy atom. The van der Waals surface area contributed by atoms with Crippen LogP contribution in [0.1, 0.15) is 15.9 Å². The summed E-state index contributed by atoms with van der Waals surface area (Å²) in [6.07, 6.45) is 1.80. The summed E-state index contributed by atoms with van der Waals surface area (Å²) in [6.45, 7) is 0.0192. The molecule has 0 bridgehead atoms. The summed E-state index contributed by atoms with van der Waals surface area (Å²) >= 11 is 1.55. The van der Waals surface area contributed by atoms with E-state index in [4.69, 9.17) is 4.74 Å². The van der Waals surface area contributed by atoms with Gasteiger partial charge in [-0.05, 0) is 17.0 Å². The van der Waals surface area contributed by atoms with Crippen LogP contribution in [0.3, 0.4) is 0 Å². The van der Waals surface area contributed by atoms with Crippen LogP contribution in [0.15, 0.2) is 42.0 Å².